The number of likely N-dealkylation sites (N-methyl/N-ethyl adjacent to an activating group) is 1. The van der Waals surface area contributed by atoms with Crippen molar-refractivity contribution in [2.45, 2.75) is 13.1 Å². The Labute approximate surface area is 218 Å². The number of carboxylic acid groups (broad SMARTS) is 1. The van der Waals surface area contributed by atoms with Gasteiger partial charge in [-0.2, -0.15) is 0 Å². The van der Waals surface area contributed by atoms with E-state index in [-0.39, 0.29) is 22.9 Å². The average molecular weight is 520 g/mol. The van der Waals surface area contributed by atoms with Gasteiger partial charge in [0.05, 0.1) is 47.6 Å². The van der Waals surface area contributed by atoms with Gasteiger partial charge in [0.15, 0.2) is 17.4 Å². The van der Waals surface area contributed by atoms with Gasteiger partial charge in [0.2, 0.25) is 0 Å². The highest BCUT2D eigenvalue weighted by Gasteiger charge is 2.21. The maximum Gasteiger partial charge on any atom is 0.335 e. The number of anilines is 3. The third kappa shape index (κ3) is 5.69. The standard InChI is InChI=1S/C26H26FN7O4/c1-4-28-25(35)18-14-29-21(33-22-10-15(26(36)37)8-9-34(22)2)11-20(18)32-19-7-5-6-17(23(19)38-3)24-30-12-16(27)13-31-24/h5-14,22H,4H2,1-3H3,(H,28,35)(H,36,37)(H2,29,32,33). The molecule has 4 N–H and O–H groups in total. The number of aromatic nitrogens is 3. The van der Waals surface area contributed by atoms with Crippen LogP contribution in [0.25, 0.3) is 11.4 Å². The van der Waals surface area contributed by atoms with E-state index in [1.165, 1.54) is 19.4 Å². The lowest BCUT2D eigenvalue weighted by Crippen LogP contribution is -2.35. The third-order valence-electron chi connectivity index (χ3n) is 5.64. The molecular formula is C26H26FN7O4. The molecule has 1 atom stereocenters. The van der Waals surface area contributed by atoms with Crippen molar-refractivity contribution in [3.8, 4) is 17.1 Å². The van der Waals surface area contributed by atoms with Gasteiger partial charge in [0.1, 0.15) is 12.0 Å². The first-order valence-corrected chi connectivity index (χ1v) is 11.6. The summed E-state index contributed by atoms with van der Waals surface area (Å²) in [4.78, 5) is 38.5. The van der Waals surface area contributed by atoms with Gasteiger partial charge in [0.25, 0.3) is 5.91 Å². The fourth-order valence-electron chi connectivity index (χ4n) is 3.77. The molecule has 0 saturated heterocycles. The monoisotopic (exact) mass is 519 g/mol. The molecule has 11 nitrogen and oxygen atoms in total. The Hall–Kier alpha value is -5.00. The van der Waals surface area contributed by atoms with Crippen molar-refractivity contribution < 1.29 is 23.8 Å². The van der Waals surface area contributed by atoms with E-state index in [9.17, 15) is 19.1 Å². The van der Waals surface area contributed by atoms with Gasteiger partial charge in [-0.25, -0.2) is 24.1 Å². The molecule has 0 aliphatic carbocycles. The lowest BCUT2D eigenvalue weighted by Gasteiger charge is -2.29. The summed E-state index contributed by atoms with van der Waals surface area (Å²) < 4.78 is 19.0. The summed E-state index contributed by atoms with van der Waals surface area (Å²) in [5.41, 5.74) is 1.86. The van der Waals surface area contributed by atoms with Crippen molar-refractivity contribution >= 4 is 29.1 Å². The summed E-state index contributed by atoms with van der Waals surface area (Å²) >= 11 is 0. The molecule has 1 aliphatic heterocycles. The van der Waals surface area contributed by atoms with Crippen LogP contribution in [0, 0.1) is 5.82 Å². The number of halogens is 1. The number of hydrogen-bond donors (Lipinski definition) is 4. The van der Waals surface area contributed by atoms with Gasteiger partial charge in [0, 0.05) is 32.1 Å². The molecule has 3 aromatic rings. The molecule has 0 bridgehead atoms. The number of para-hydroxylation sites is 1. The highest BCUT2D eigenvalue weighted by molar-refractivity contribution is 6.01. The Kier molecular flexibility index (Phi) is 7.80. The minimum Gasteiger partial charge on any atom is -0.494 e. The summed E-state index contributed by atoms with van der Waals surface area (Å²) in [5.74, 6) is -0.890. The van der Waals surface area contributed by atoms with Crippen molar-refractivity contribution in [1.29, 1.82) is 0 Å². The molecule has 3 heterocycles. The van der Waals surface area contributed by atoms with Gasteiger partial charge in [-0.3, -0.25) is 4.79 Å². The van der Waals surface area contributed by atoms with Crippen LogP contribution in [0.5, 0.6) is 5.75 Å². The first-order valence-electron chi connectivity index (χ1n) is 11.6. The predicted molar refractivity (Wildman–Crippen MR) is 140 cm³/mol. The van der Waals surface area contributed by atoms with Crippen LogP contribution >= 0.6 is 0 Å². The van der Waals surface area contributed by atoms with E-state index < -0.39 is 18.0 Å². The number of nitrogens with zero attached hydrogens (tertiary/aromatic N) is 4. The fraction of sp³-hybridized carbons (Fsp3) is 0.192. The SMILES string of the molecule is CCNC(=O)c1cnc(NC2C=C(C(=O)O)C=CN2C)cc1Nc1cccc(-c2ncc(F)cn2)c1OC. The first kappa shape index (κ1) is 26.1. The van der Waals surface area contributed by atoms with Gasteiger partial charge in [-0.05, 0) is 31.2 Å². The van der Waals surface area contributed by atoms with E-state index in [1.54, 1.807) is 48.5 Å². The number of carbonyl (C=O) groups is 2. The molecule has 1 unspecified atom stereocenters. The Morgan fingerprint density at radius 1 is 1.16 bits per heavy atom. The zero-order chi connectivity index (χ0) is 27.2. The van der Waals surface area contributed by atoms with Crippen LogP contribution in [0.2, 0.25) is 0 Å². The summed E-state index contributed by atoms with van der Waals surface area (Å²) in [6.07, 6.45) is 7.78. The Balaban J connectivity index is 1.72. The molecule has 4 rings (SSSR count). The van der Waals surface area contributed by atoms with Crippen LogP contribution in [0.15, 0.2) is 66.8 Å². The smallest absolute Gasteiger partial charge is 0.335 e. The molecule has 12 heteroatoms. The summed E-state index contributed by atoms with van der Waals surface area (Å²) in [7, 11) is 3.27. The lowest BCUT2D eigenvalue weighted by atomic mass is 10.1. The molecule has 1 aromatic carbocycles. The van der Waals surface area contributed by atoms with E-state index in [0.29, 0.717) is 35.1 Å². The molecular weight excluding hydrogens is 493 g/mol. The molecule has 38 heavy (non-hydrogen) atoms. The summed E-state index contributed by atoms with van der Waals surface area (Å²) in [6.45, 7) is 2.23. The predicted octanol–water partition coefficient (Wildman–Crippen LogP) is 3.39. The van der Waals surface area contributed by atoms with E-state index in [0.717, 1.165) is 12.4 Å². The molecule has 1 aliphatic rings. The highest BCUT2D eigenvalue weighted by Crippen LogP contribution is 2.37. The lowest BCUT2D eigenvalue weighted by molar-refractivity contribution is -0.132. The van der Waals surface area contributed by atoms with E-state index in [2.05, 4.69) is 30.9 Å². The summed E-state index contributed by atoms with van der Waals surface area (Å²) in [6, 6.07) is 6.88. The van der Waals surface area contributed by atoms with Crippen LogP contribution in [0.3, 0.4) is 0 Å². The fourth-order valence-corrected chi connectivity index (χ4v) is 3.77. The Morgan fingerprint density at radius 3 is 2.61 bits per heavy atom. The van der Waals surface area contributed by atoms with Crippen LogP contribution in [0.4, 0.5) is 21.6 Å². The molecule has 0 spiro atoms. The van der Waals surface area contributed by atoms with Crippen molar-refractivity contribution in [3.63, 3.8) is 0 Å². The number of aliphatic carboxylic acids is 1. The van der Waals surface area contributed by atoms with Crippen molar-refractivity contribution in [2.75, 3.05) is 31.3 Å². The highest BCUT2D eigenvalue weighted by atomic mass is 19.1. The van der Waals surface area contributed by atoms with Crippen LogP contribution < -0.4 is 20.7 Å². The van der Waals surface area contributed by atoms with Crippen LogP contribution in [-0.2, 0) is 4.79 Å². The van der Waals surface area contributed by atoms with Crippen LogP contribution in [0.1, 0.15) is 17.3 Å². The Bertz CT molecular complexity index is 1410. The van der Waals surface area contributed by atoms with Gasteiger partial charge in [-0.15, -0.1) is 0 Å². The number of methoxy groups -OCH3 is 1. The van der Waals surface area contributed by atoms with E-state index in [1.807, 2.05) is 6.92 Å². The second-order valence-corrected chi connectivity index (χ2v) is 8.21. The minimum absolute atomic E-state index is 0.141. The number of carbonyl (C=O) groups excluding carboxylic acids is 1. The second-order valence-electron chi connectivity index (χ2n) is 8.21. The normalized spacial score (nSPS) is 14.5. The van der Waals surface area contributed by atoms with Gasteiger partial charge in [-0.1, -0.05) is 6.07 Å². The van der Waals surface area contributed by atoms with Gasteiger partial charge < -0.3 is 30.7 Å². The zero-order valence-corrected chi connectivity index (χ0v) is 20.9. The molecule has 196 valence electrons. The third-order valence-corrected chi connectivity index (χ3v) is 5.64. The maximum absolute atomic E-state index is 13.4. The van der Waals surface area contributed by atoms with Crippen LogP contribution in [-0.4, -0.2) is 63.7 Å². The number of carboxylic acids is 1. The summed E-state index contributed by atoms with van der Waals surface area (Å²) in [5, 5.41) is 18.5. The number of nitrogens with one attached hydrogen (secondary N) is 3. The van der Waals surface area contributed by atoms with E-state index >= 15 is 0 Å². The molecule has 0 fully saturated rings. The Morgan fingerprint density at radius 2 is 1.92 bits per heavy atom. The van der Waals surface area contributed by atoms with E-state index in [4.69, 9.17) is 4.74 Å². The minimum atomic E-state index is -1.04. The number of hydrogen-bond acceptors (Lipinski definition) is 9. The van der Waals surface area contributed by atoms with Crippen molar-refractivity contribution in [1.82, 2.24) is 25.2 Å². The number of ether oxygens (including phenoxy) is 1. The molecule has 0 saturated carbocycles. The second kappa shape index (κ2) is 11.4. The number of amides is 1. The maximum atomic E-state index is 13.4. The largest absolute Gasteiger partial charge is 0.494 e. The topological polar surface area (TPSA) is 142 Å². The molecule has 0 radical (unpaired) electrons. The first-order chi connectivity index (χ1) is 18.3. The zero-order valence-electron chi connectivity index (χ0n) is 20.9. The molecule has 2 aromatic heterocycles. The van der Waals surface area contributed by atoms with Gasteiger partial charge >= 0.3 is 5.97 Å². The quantitative estimate of drug-likeness (QED) is 0.332. The average Bonchev–Trinajstić information content (AvgIpc) is 2.90. The van der Waals surface area contributed by atoms with Crippen molar-refractivity contribution in [2.24, 2.45) is 0 Å². The van der Waals surface area contributed by atoms with Crippen molar-refractivity contribution in [3.05, 3.63) is 78.2 Å². The number of rotatable bonds is 9. The molecule has 1 amide bonds. The number of benzene rings is 1. The number of pyridine rings is 1.